The molecule has 2 nitrogen and oxygen atoms in total. The van der Waals surface area contributed by atoms with E-state index in [1.54, 1.807) is 0 Å². The third-order valence-electron chi connectivity index (χ3n) is 1.39. The summed E-state index contributed by atoms with van der Waals surface area (Å²) in [5.74, 6) is 0. The van der Waals surface area contributed by atoms with Gasteiger partial charge in [-0.3, -0.25) is 4.99 Å². The molecule has 0 unspecified atom stereocenters. The van der Waals surface area contributed by atoms with E-state index in [1.165, 1.54) is 0 Å². The van der Waals surface area contributed by atoms with Gasteiger partial charge in [0.1, 0.15) is 0 Å². The van der Waals surface area contributed by atoms with Crippen molar-refractivity contribution < 1.29 is 4.74 Å². The van der Waals surface area contributed by atoms with Crippen molar-refractivity contribution in [3.8, 4) is 0 Å². The van der Waals surface area contributed by atoms with Gasteiger partial charge in [0.2, 0.25) is 0 Å². The lowest BCUT2D eigenvalue weighted by atomic mass is 10.4. The van der Waals surface area contributed by atoms with Gasteiger partial charge in [0.05, 0.1) is 0 Å². The van der Waals surface area contributed by atoms with Crippen LogP contribution < -0.4 is 0 Å². The van der Waals surface area contributed by atoms with Gasteiger partial charge in [-0.2, -0.15) is 0 Å². The standard InChI is InChI=1S/C10H19NO/c1-3-5-6-8-11-9-7-10-12-4-2/h3,5,8H,4,6-7,9-10H2,1-2H3/b5-3-,11-8?. The third kappa shape index (κ3) is 9.37. The minimum absolute atomic E-state index is 0.808. The second-order valence-electron chi connectivity index (χ2n) is 2.44. The summed E-state index contributed by atoms with van der Waals surface area (Å²) in [5.41, 5.74) is 0. The van der Waals surface area contributed by atoms with E-state index in [9.17, 15) is 0 Å². The zero-order chi connectivity index (χ0) is 9.07. The molecule has 0 aliphatic carbocycles. The van der Waals surface area contributed by atoms with E-state index in [-0.39, 0.29) is 0 Å². The first-order valence-electron chi connectivity index (χ1n) is 4.59. The molecular weight excluding hydrogens is 150 g/mol. The molecule has 0 rings (SSSR count). The molecule has 0 heterocycles. The highest BCUT2D eigenvalue weighted by molar-refractivity contribution is 5.59. The summed E-state index contributed by atoms with van der Waals surface area (Å²) in [6.07, 6.45) is 8.05. The van der Waals surface area contributed by atoms with Crippen LogP contribution in [-0.2, 0) is 4.74 Å². The van der Waals surface area contributed by atoms with Crippen molar-refractivity contribution in [2.45, 2.75) is 26.7 Å². The number of aliphatic imine (C=N–C) groups is 1. The van der Waals surface area contributed by atoms with Crippen molar-refractivity contribution in [2.24, 2.45) is 4.99 Å². The molecule has 0 aliphatic heterocycles. The first-order chi connectivity index (χ1) is 5.91. The predicted octanol–water partition coefficient (Wildman–Crippen LogP) is 2.45. The normalized spacial score (nSPS) is 11.8. The molecule has 0 aromatic carbocycles. The molecule has 0 saturated carbocycles. The molecule has 0 spiro atoms. The van der Waals surface area contributed by atoms with Gasteiger partial charge in [0, 0.05) is 32.4 Å². The molecule has 2 heteroatoms. The van der Waals surface area contributed by atoms with Crippen LogP contribution in [0.15, 0.2) is 17.1 Å². The zero-order valence-corrected chi connectivity index (χ0v) is 8.12. The van der Waals surface area contributed by atoms with E-state index in [2.05, 4.69) is 11.1 Å². The minimum atomic E-state index is 0.808. The van der Waals surface area contributed by atoms with Gasteiger partial charge in [0.15, 0.2) is 0 Å². The summed E-state index contributed by atoms with van der Waals surface area (Å²) in [6.45, 7) is 6.55. The van der Waals surface area contributed by atoms with Crippen LogP contribution in [-0.4, -0.2) is 26.0 Å². The monoisotopic (exact) mass is 169 g/mol. The molecule has 0 radical (unpaired) electrons. The molecule has 0 aliphatic rings. The lowest BCUT2D eigenvalue weighted by Crippen LogP contribution is -1.95. The molecule has 0 aromatic rings. The van der Waals surface area contributed by atoms with Gasteiger partial charge < -0.3 is 4.74 Å². The van der Waals surface area contributed by atoms with Crippen molar-refractivity contribution in [1.82, 2.24) is 0 Å². The van der Waals surface area contributed by atoms with Crippen LogP contribution in [0.1, 0.15) is 26.7 Å². The first kappa shape index (κ1) is 11.4. The van der Waals surface area contributed by atoms with Gasteiger partial charge >= 0.3 is 0 Å². The number of hydrogen-bond acceptors (Lipinski definition) is 2. The highest BCUT2D eigenvalue weighted by Crippen LogP contribution is 1.84. The Bertz CT molecular complexity index is 130. The predicted molar refractivity (Wildman–Crippen MR) is 53.9 cm³/mol. The van der Waals surface area contributed by atoms with Crippen LogP contribution in [0.3, 0.4) is 0 Å². The van der Waals surface area contributed by atoms with Gasteiger partial charge in [-0.15, -0.1) is 0 Å². The van der Waals surface area contributed by atoms with Gasteiger partial charge in [-0.25, -0.2) is 0 Å². The van der Waals surface area contributed by atoms with E-state index in [0.717, 1.165) is 32.6 Å². The van der Waals surface area contributed by atoms with Gasteiger partial charge in [-0.1, -0.05) is 12.2 Å². The lowest BCUT2D eigenvalue weighted by molar-refractivity contribution is 0.146. The van der Waals surface area contributed by atoms with Crippen molar-refractivity contribution in [2.75, 3.05) is 19.8 Å². The number of allylic oxidation sites excluding steroid dienone is 2. The number of ether oxygens (including phenoxy) is 1. The first-order valence-corrected chi connectivity index (χ1v) is 4.59. The van der Waals surface area contributed by atoms with Crippen molar-refractivity contribution >= 4 is 6.21 Å². The van der Waals surface area contributed by atoms with Gasteiger partial charge in [0.25, 0.3) is 0 Å². The average Bonchev–Trinajstić information content (AvgIpc) is 2.10. The van der Waals surface area contributed by atoms with Crippen molar-refractivity contribution in [3.63, 3.8) is 0 Å². The Labute approximate surface area is 75.3 Å². The summed E-state index contributed by atoms with van der Waals surface area (Å²) in [6, 6.07) is 0. The molecule has 0 bridgehead atoms. The van der Waals surface area contributed by atoms with Crippen LogP contribution in [0, 0.1) is 0 Å². The highest BCUT2D eigenvalue weighted by Gasteiger charge is 1.82. The van der Waals surface area contributed by atoms with Crippen molar-refractivity contribution in [3.05, 3.63) is 12.2 Å². The number of nitrogens with zero attached hydrogens (tertiary/aromatic N) is 1. The Balaban J connectivity index is 3.02. The summed E-state index contributed by atoms with van der Waals surface area (Å²) in [5, 5.41) is 0. The van der Waals surface area contributed by atoms with Crippen LogP contribution in [0.2, 0.25) is 0 Å². The molecule has 0 atom stereocenters. The Kier molecular flexibility index (Phi) is 9.83. The van der Waals surface area contributed by atoms with Crippen LogP contribution in [0.4, 0.5) is 0 Å². The lowest BCUT2D eigenvalue weighted by Gasteiger charge is -1.96. The Morgan fingerprint density at radius 3 is 2.92 bits per heavy atom. The summed E-state index contributed by atoms with van der Waals surface area (Å²) in [4.78, 5) is 4.22. The maximum absolute atomic E-state index is 5.17. The fourth-order valence-corrected chi connectivity index (χ4v) is 0.765. The molecule has 0 aromatic heterocycles. The molecule has 0 saturated heterocycles. The fourth-order valence-electron chi connectivity index (χ4n) is 0.765. The molecule has 0 N–H and O–H groups in total. The SMILES string of the molecule is C/C=C\CC=NCCCOCC. The Morgan fingerprint density at radius 2 is 2.25 bits per heavy atom. The fraction of sp³-hybridized carbons (Fsp3) is 0.700. The largest absolute Gasteiger partial charge is 0.382 e. The number of hydrogen-bond donors (Lipinski definition) is 0. The van der Waals surface area contributed by atoms with Gasteiger partial charge in [-0.05, 0) is 20.3 Å². The second-order valence-corrected chi connectivity index (χ2v) is 2.44. The molecule has 0 fully saturated rings. The van der Waals surface area contributed by atoms with Crippen LogP contribution in [0.5, 0.6) is 0 Å². The number of rotatable bonds is 7. The Hall–Kier alpha value is -0.630. The zero-order valence-electron chi connectivity index (χ0n) is 8.12. The van der Waals surface area contributed by atoms with Crippen LogP contribution in [0.25, 0.3) is 0 Å². The average molecular weight is 169 g/mol. The van der Waals surface area contributed by atoms with E-state index in [0.29, 0.717) is 0 Å². The molecular formula is C10H19NO. The molecule has 0 amide bonds. The molecule has 70 valence electrons. The smallest absolute Gasteiger partial charge is 0.0483 e. The van der Waals surface area contributed by atoms with E-state index in [1.807, 2.05) is 26.1 Å². The maximum atomic E-state index is 5.17. The van der Waals surface area contributed by atoms with E-state index >= 15 is 0 Å². The molecule has 12 heavy (non-hydrogen) atoms. The van der Waals surface area contributed by atoms with E-state index < -0.39 is 0 Å². The second kappa shape index (κ2) is 10.4. The summed E-state index contributed by atoms with van der Waals surface area (Å²) < 4.78 is 5.17. The summed E-state index contributed by atoms with van der Waals surface area (Å²) in [7, 11) is 0. The van der Waals surface area contributed by atoms with Crippen molar-refractivity contribution in [1.29, 1.82) is 0 Å². The maximum Gasteiger partial charge on any atom is 0.0483 e. The third-order valence-corrected chi connectivity index (χ3v) is 1.39. The van der Waals surface area contributed by atoms with Crippen LogP contribution >= 0.6 is 0 Å². The van der Waals surface area contributed by atoms with E-state index in [4.69, 9.17) is 4.74 Å². The quantitative estimate of drug-likeness (QED) is 0.326. The summed E-state index contributed by atoms with van der Waals surface area (Å²) >= 11 is 0. The topological polar surface area (TPSA) is 21.6 Å². The minimum Gasteiger partial charge on any atom is -0.382 e. The highest BCUT2D eigenvalue weighted by atomic mass is 16.5. The Morgan fingerprint density at radius 1 is 1.42 bits per heavy atom.